The summed E-state index contributed by atoms with van der Waals surface area (Å²) < 4.78 is 32.0. The number of aromatic nitrogens is 1. The summed E-state index contributed by atoms with van der Waals surface area (Å²) in [4.78, 5) is 17.5. The number of hydrogen-bond donors (Lipinski definition) is 2. The Hall–Kier alpha value is -4.00. The first-order valence-electron chi connectivity index (χ1n) is 9.11. The third-order valence-corrected chi connectivity index (χ3v) is 4.51. The zero-order chi connectivity index (χ0) is 21.1. The number of carbonyl (C=O) groups excluding carboxylic acids is 1. The molecule has 30 heavy (non-hydrogen) atoms. The van der Waals surface area contributed by atoms with Crippen molar-refractivity contribution >= 4 is 34.0 Å². The van der Waals surface area contributed by atoms with E-state index in [0.29, 0.717) is 39.4 Å². The summed E-state index contributed by atoms with van der Waals surface area (Å²) in [6, 6.07) is 19.3. The van der Waals surface area contributed by atoms with Gasteiger partial charge in [0.15, 0.2) is 11.6 Å². The zero-order valence-corrected chi connectivity index (χ0v) is 15.9. The summed E-state index contributed by atoms with van der Waals surface area (Å²) in [5, 5.41) is 6.43. The normalized spacial score (nSPS) is 10.6. The molecule has 0 radical (unpaired) electrons. The Balaban J connectivity index is 1.72. The Bertz CT molecular complexity index is 1240. The van der Waals surface area contributed by atoms with Gasteiger partial charge in [0, 0.05) is 17.1 Å². The fourth-order valence-electron chi connectivity index (χ4n) is 3.09. The molecular weight excluding hydrogens is 388 g/mol. The third kappa shape index (κ3) is 3.91. The van der Waals surface area contributed by atoms with Crippen molar-refractivity contribution < 1.29 is 18.3 Å². The van der Waals surface area contributed by atoms with Gasteiger partial charge in [-0.1, -0.05) is 30.3 Å². The number of nitrogens with zero attached hydrogens (tertiary/aromatic N) is 1. The number of benzene rings is 3. The van der Waals surface area contributed by atoms with Crippen LogP contribution in [0.15, 0.2) is 72.8 Å². The molecule has 1 aromatic heterocycles. The molecule has 4 aromatic rings. The largest absolute Gasteiger partial charge is 0.495 e. The molecule has 7 heteroatoms. The molecule has 0 aliphatic carbocycles. The molecule has 0 spiro atoms. The molecule has 4 rings (SSSR count). The van der Waals surface area contributed by atoms with Crippen LogP contribution in [0.25, 0.3) is 10.9 Å². The van der Waals surface area contributed by atoms with Gasteiger partial charge in [-0.05, 0) is 36.4 Å². The highest BCUT2D eigenvalue weighted by atomic mass is 19.2. The maximum absolute atomic E-state index is 13.5. The minimum atomic E-state index is -0.977. The van der Waals surface area contributed by atoms with Crippen LogP contribution in [0.1, 0.15) is 10.4 Å². The van der Waals surface area contributed by atoms with Crippen LogP contribution in [0.3, 0.4) is 0 Å². The lowest BCUT2D eigenvalue weighted by atomic mass is 10.1. The van der Waals surface area contributed by atoms with Crippen LogP contribution in [0.4, 0.5) is 26.0 Å². The summed E-state index contributed by atoms with van der Waals surface area (Å²) in [5.41, 5.74) is 1.79. The Morgan fingerprint density at radius 3 is 2.50 bits per heavy atom. The van der Waals surface area contributed by atoms with E-state index in [9.17, 15) is 13.6 Å². The number of carbonyl (C=O) groups is 1. The lowest BCUT2D eigenvalue weighted by Crippen LogP contribution is -2.14. The van der Waals surface area contributed by atoms with Gasteiger partial charge in [-0.25, -0.2) is 13.8 Å². The van der Waals surface area contributed by atoms with Gasteiger partial charge in [0.1, 0.15) is 11.6 Å². The van der Waals surface area contributed by atoms with Gasteiger partial charge in [0.25, 0.3) is 5.91 Å². The number of fused-ring (bicyclic) bond motifs is 1. The average molecular weight is 405 g/mol. The van der Waals surface area contributed by atoms with E-state index in [2.05, 4.69) is 15.6 Å². The molecule has 0 unspecified atom stereocenters. The molecule has 3 aromatic carbocycles. The number of rotatable bonds is 5. The molecule has 0 atom stereocenters. The van der Waals surface area contributed by atoms with E-state index in [4.69, 9.17) is 4.74 Å². The minimum Gasteiger partial charge on any atom is -0.495 e. The van der Waals surface area contributed by atoms with Gasteiger partial charge in [-0.2, -0.15) is 0 Å². The van der Waals surface area contributed by atoms with Crippen molar-refractivity contribution in [2.45, 2.75) is 0 Å². The minimum absolute atomic E-state index is 0.313. The highest BCUT2D eigenvalue weighted by Crippen LogP contribution is 2.27. The van der Waals surface area contributed by atoms with E-state index < -0.39 is 11.6 Å². The zero-order valence-electron chi connectivity index (χ0n) is 15.9. The number of para-hydroxylation sites is 3. The van der Waals surface area contributed by atoms with Gasteiger partial charge in [-0.3, -0.25) is 4.79 Å². The molecule has 1 heterocycles. The van der Waals surface area contributed by atoms with Crippen LogP contribution in [-0.2, 0) is 0 Å². The van der Waals surface area contributed by atoms with Gasteiger partial charge in [0.05, 0.1) is 23.9 Å². The molecule has 0 aliphatic rings. The Morgan fingerprint density at radius 2 is 1.70 bits per heavy atom. The molecule has 5 nitrogen and oxygen atoms in total. The first-order valence-corrected chi connectivity index (χ1v) is 9.11. The van der Waals surface area contributed by atoms with Crippen LogP contribution in [0.2, 0.25) is 0 Å². The summed E-state index contributed by atoms with van der Waals surface area (Å²) >= 11 is 0. The summed E-state index contributed by atoms with van der Waals surface area (Å²) in [7, 11) is 1.52. The standard InChI is InChI=1S/C23H17F2N3O2/c1-30-21-9-5-4-8-20(21)28-23(29)16-13-22(27-19-7-3-2-6-15(16)19)26-14-10-11-17(24)18(25)12-14/h2-13H,1H3,(H,26,27)(H,28,29). The van der Waals surface area contributed by atoms with Gasteiger partial charge < -0.3 is 15.4 Å². The average Bonchev–Trinajstić information content (AvgIpc) is 2.76. The molecule has 150 valence electrons. The Labute approximate surface area is 171 Å². The predicted octanol–water partition coefficient (Wildman–Crippen LogP) is 5.52. The van der Waals surface area contributed by atoms with E-state index in [1.165, 1.54) is 13.2 Å². The van der Waals surface area contributed by atoms with Crippen molar-refractivity contribution in [2.75, 3.05) is 17.7 Å². The lowest BCUT2D eigenvalue weighted by Gasteiger charge is -2.13. The van der Waals surface area contributed by atoms with E-state index in [1.807, 2.05) is 6.07 Å². The second kappa shape index (κ2) is 8.16. The molecule has 0 aliphatic heterocycles. The maximum atomic E-state index is 13.5. The second-order valence-corrected chi connectivity index (χ2v) is 6.48. The number of halogens is 2. The number of pyridine rings is 1. The maximum Gasteiger partial charge on any atom is 0.256 e. The fourth-order valence-corrected chi connectivity index (χ4v) is 3.09. The molecule has 0 saturated carbocycles. The van der Waals surface area contributed by atoms with E-state index in [-0.39, 0.29) is 5.91 Å². The lowest BCUT2D eigenvalue weighted by molar-refractivity contribution is 0.102. The van der Waals surface area contributed by atoms with Gasteiger partial charge >= 0.3 is 0 Å². The summed E-state index contributed by atoms with van der Waals surface area (Å²) in [5.74, 6) is -1.42. The third-order valence-electron chi connectivity index (χ3n) is 4.51. The molecule has 1 amide bonds. The first-order chi connectivity index (χ1) is 14.5. The summed E-state index contributed by atoms with van der Waals surface area (Å²) in [6.07, 6.45) is 0. The van der Waals surface area contributed by atoms with Crippen molar-refractivity contribution in [2.24, 2.45) is 0 Å². The molecular formula is C23H17F2N3O2. The fraction of sp³-hybridized carbons (Fsp3) is 0.0435. The number of nitrogens with one attached hydrogen (secondary N) is 2. The van der Waals surface area contributed by atoms with Crippen LogP contribution in [0, 0.1) is 11.6 Å². The van der Waals surface area contributed by atoms with Crippen LogP contribution >= 0.6 is 0 Å². The number of anilines is 3. The SMILES string of the molecule is COc1ccccc1NC(=O)c1cc(Nc2ccc(F)c(F)c2)nc2ccccc12. The topological polar surface area (TPSA) is 63.2 Å². The van der Waals surface area contributed by atoms with Crippen molar-refractivity contribution in [1.82, 2.24) is 4.98 Å². The van der Waals surface area contributed by atoms with Crippen molar-refractivity contribution in [3.8, 4) is 5.75 Å². The van der Waals surface area contributed by atoms with E-state index in [0.717, 1.165) is 12.1 Å². The first kappa shape index (κ1) is 19.3. The molecule has 0 fully saturated rings. The molecule has 2 N–H and O–H groups in total. The number of ether oxygens (including phenoxy) is 1. The number of methoxy groups -OCH3 is 1. The molecule has 0 saturated heterocycles. The quantitative estimate of drug-likeness (QED) is 0.459. The van der Waals surface area contributed by atoms with E-state index >= 15 is 0 Å². The smallest absolute Gasteiger partial charge is 0.256 e. The predicted molar refractivity (Wildman–Crippen MR) is 112 cm³/mol. The van der Waals surface area contributed by atoms with Crippen LogP contribution < -0.4 is 15.4 Å². The second-order valence-electron chi connectivity index (χ2n) is 6.48. The van der Waals surface area contributed by atoms with Crippen molar-refractivity contribution in [3.63, 3.8) is 0 Å². The van der Waals surface area contributed by atoms with Gasteiger partial charge in [0.2, 0.25) is 0 Å². The highest BCUT2D eigenvalue weighted by molar-refractivity contribution is 6.13. The number of amides is 1. The van der Waals surface area contributed by atoms with Crippen molar-refractivity contribution in [3.05, 3.63) is 90.0 Å². The highest BCUT2D eigenvalue weighted by Gasteiger charge is 2.15. The van der Waals surface area contributed by atoms with Gasteiger partial charge in [-0.15, -0.1) is 0 Å². The summed E-state index contributed by atoms with van der Waals surface area (Å²) in [6.45, 7) is 0. The van der Waals surface area contributed by atoms with Crippen LogP contribution in [0.5, 0.6) is 5.75 Å². The Morgan fingerprint density at radius 1 is 0.933 bits per heavy atom. The monoisotopic (exact) mass is 405 g/mol. The number of hydrogen-bond acceptors (Lipinski definition) is 4. The molecule has 0 bridgehead atoms. The van der Waals surface area contributed by atoms with Crippen LogP contribution in [-0.4, -0.2) is 18.0 Å². The Kier molecular flexibility index (Phi) is 5.26. The van der Waals surface area contributed by atoms with E-state index in [1.54, 1.807) is 48.5 Å². The van der Waals surface area contributed by atoms with Crippen molar-refractivity contribution in [1.29, 1.82) is 0 Å².